The smallest absolute Gasteiger partial charge is 0.347 e. The molecule has 112 valence electrons. The second-order valence-corrected chi connectivity index (χ2v) is 5.37. The van der Waals surface area contributed by atoms with Crippen LogP contribution in [0.25, 0.3) is 0 Å². The van der Waals surface area contributed by atoms with Gasteiger partial charge in [0, 0.05) is 6.07 Å². The van der Waals surface area contributed by atoms with E-state index in [1.807, 2.05) is 0 Å². The van der Waals surface area contributed by atoms with Crippen LogP contribution >= 0.6 is 34.8 Å². The van der Waals surface area contributed by atoms with E-state index in [-0.39, 0.29) is 22.4 Å². The SMILES string of the molecule is C[C@H](Oc1cc(Cl)c(Cl)cc1Cl)C(=O)OCc1ccco1. The monoisotopic (exact) mass is 348 g/mol. The second-order valence-electron chi connectivity index (χ2n) is 4.14. The molecule has 0 bridgehead atoms. The number of ether oxygens (including phenoxy) is 2. The molecule has 1 atom stereocenters. The van der Waals surface area contributed by atoms with Gasteiger partial charge in [0.25, 0.3) is 0 Å². The van der Waals surface area contributed by atoms with E-state index >= 15 is 0 Å². The zero-order chi connectivity index (χ0) is 15.4. The van der Waals surface area contributed by atoms with Crippen molar-refractivity contribution in [1.29, 1.82) is 0 Å². The summed E-state index contributed by atoms with van der Waals surface area (Å²) in [6.07, 6.45) is 0.646. The highest BCUT2D eigenvalue weighted by Gasteiger charge is 2.19. The van der Waals surface area contributed by atoms with Gasteiger partial charge in [-0.15, -0.1) is 0 Å². The fraction of sp³-hybridized carbons (Fsp3) is 0.214. The van der Waals surface area contributed by atoms with Crippen molar-refractivity contribution in [3.05, 3.63) is 51.4 Å². The maximum atomic E-state index is 11.8. The Balaban J connectivity index is 1.95. The van der Waals surface area contributed by atoms with E-state index < -0.39 is 12.1 Å². The van der Waals surface area contributed by atoms with Gasteiger partial charge in [-0.1, -0.05) is 34.8 Å². The maximum Gasteiger partial charge on any atom is 0.347 e. The lowest BCUT2D eigenvalue weighted by atomic mass is 10.3. The van der Waals surface area contributed by atoms with Gasteiger partial charge < -0.3 is 13.9 Å². The minimum absolute atomic E-state index is 0.0363. The number of carbonyl (C=O) groups excluding carboxylic acids is 1. The third-order valence-electron chi connectivity index (χ3n) is 2.55. The van der Waals surface area contributed by atoms with Crippen LogP contribution < -0.4 is 4.74 Å². The Labute approximate surface area is 136 Å². The number of hydrogen-bond donors (Lipinski definition) is 0. The Bertz CT molecular complexity index is 625. The highest BCUT2D eigenvalue weighted by atomic mass is 35.5. The number of rotatable bonds is 5. The molecule has 1 aromatic heterocycles. The van der Waals surface area contributed by atoms with E-state index in [2.05, 4.69) is 0 Å². The molecule has 7 heteroatoms. The molecular formula is C14H11Cl3O4. The molecule has 4 nitrogen and oxygen atoms in total. The topological polar surface area (TPSA) is 48.7 Å². The van der Waals surface area contributed by atoms with Crippen molar-refractivity contribution in [1.82, 2.24) is 0 Å². The van der Waals surface area contributed by atoms with Crippen LogP contribution in [0.3, 0.4) is 0 Å². The standard InChI is InChI=1S/C14H11Cl3O4/c1-8(14(18)20-7-9-3-2-4-19-9)21-13-6-11(16)10(15)5-12(13)17/h2-6,8H,7H2,1H3/t8-/m0/s1. The lowest BCUT2D eigenvalue weighted by Crippen LogP contribution is -2.26. The Morgan fingerprint density at radius 2 is 1.95 bits per heavy atom. The van der Waals surface area contributed by atoms with E-state index in [4.69, 9.17) is 48.7 Å². The van der Waals surface area contributed by atoms with Crippen LogP contribution in [0.2, 0.25) is 15.1 Å². The fourth-order valence-corrected chi connectivity index (χ4v) is 2.07. The molecule has 0 N–H and O–H groups in total. The van der Waals surface area contributed by atoms with E-state index in [1.54, 1.807) is 19.1 Å². The molecule has 0 aliphatic carbocycles. The van der Waals surface area contributed by atoms with Crippen molar-refractivity contribution in [2.45, 2.75) is 19.6 Å². The van der Waals surface area contributed by atoms with Gasteiger partial charge in [0.2, 0.25) is 0 Å². The van der Waals surface area contributed by atoms with Crippen molar-refractivity contribution >= 4 is 40.8 Å². The van der Waals surface area contributed by atoms with E-state index in [1.165, 1.54) is 18.4 Å². The molecule has 0 amide bonds. The second kappa shape index (κ2) is 7.07. The first kappa shape index (κ1) is 16.0. The molecule has 21 heavy (non-hydrogen) atoms. The molecule has 0 aliphatic heterocycles. The van der Waals surface area contributed by atoms with Crippen LogP contribution in [-0.4, -0.2) is 12.1 Å². The quantitative estimate of drug-likeness (QED) is 0.577. The highest BCUT2D eigenvalue weighted by molar-refractivity contribution is 6.43. The Hall–Kier alpha value is -1.36. The van der Waals surface area contributed by atoms with Crippen LogP contribution in [0.15, 0.2) is 34.9 Å². The third-order valence-corrected chi connectivity index (χ3v) is 3.56. The van der Waals surface area contributed by atoms with Crippen LogP contribution in [0.1, 0.15) is 12.7 Å². The lowest BCUT2D eigenvalue weighted by molar-refractivity contribution is -0.153. The lowest BCUT2D eigenvalue weighted by Gasteiger charge is -2.15. The average molecular weight is 350 g/mol. The van der Waals surface area contributed by atoms with Gasteiger partial charge in [-0.2, -0.15) is 0 Å². The summed E-state index contributed by atoms with van der Waals surface area (Å²) < 4.78 is 15.5. The number of hydrogen-bond acceptors (Lipinski definition) is 4. The van der Waals surface area contributed by atoms with Crippen molar-refractivity contribution in [3.63, 3.8) is 0 Å². The molecule has 0 fully saturated rings. The fourth-order valence-electron chi connectivity index (χ4n) is 1.49. The van der Waals surface area contributed by atoms with Gasteiger partial charge in [0.05, 0.1) is 21.3 Å². The van der Waals surface area contributed by atoms with Gasteiger partial charge in [0.15, 0.2) is 6.10 Å². The van der Waals surface area contributed by atoms with Crippen molar-refractivity contribution in [3.8, 4) is 5.75 Å². The molecular weight excluding hydrogens is 339 g/mol. The summed E-state index contributed by atoms with van der Waals surface area (Å²) in [7, 11) is 0. The van der Waals surface area contributed by atoms with Crippen molar-refractivity contribution in [2.75, 3.05) is 0 Å². The Kier molecular flexibility index (Phi) is 5.39. The predicted molar refractivity (Wildman–Crippen MR) is 80.1 cm³/mol. The van der Waals surface area contributed by atoms with Crippen LogP contribution in [0.4, 0.5) is 0 Å². The number of furan rings is 1. The minimum atomic E-state index is -0.852. The van der Waals surface area contributed by atoms with Gasteiger partial charge in [0.1, 0.15) is 18.1 Å². The first-order chi connectivity index (χ1) is 9.97. The van der Waals surface area contributed by atoms with Crippen molar-refractivity contribution < 1.29 is 18.7 Å². The number of halogens is 3. The number of benzene rings is 1. The van der Waals surface area contributed by atoms with E-state index in [0.29, 0.717) is 10.8 Å². The summed E-state index contributed by atoms with van der Waals surface area (Å²) in [5.41, 5.74) is 0. The first-order valence-corrected chi connectivity index (χ1v) is 7.11. The molecule has 1 aromatic carbocycles. The van der Waals surface area contributed by atoms with Crippen LogP contribution in [0, 0.1) is 0 Å². The summed E-state index contributed by atoms with van der Waals surface area (Å²) >= 11 is 17.7. The highest BCUT2D eigenvalue weighted by Crippen LogP contribution is 2.34. The summed E-state index contributed by atoms with van der Waals surface area (Å²) in [5.74, 6) is 0.255. The molecule has 1 heterocycles. The largest absolute Gasteiger partial charge is 0.477 e. The van der Waals surface area contributed by atoms with Gasteiger partial charge >= 0.3 is 5.97 Å². The minimum Gasteiger partial charge on any atom is -0.477 e. The average Bonchev–Trinajstić information content (AvgIpc) is 2.95. The molecule has 2 aromatic rings. The maximum absolute atomic E-state index is 11.8. The normalized spacial score (nSPS) is 12.0. The molecule has 0 spiro atoms. The van der Waals surface area contributed by atoms with Gasteiger partial charge in [-0.3, -0.25) is 0 Å². The number of carbonyl (C=O) groups is 1. The predicted octanol–water partition coefficient (Wildman–Crippen LogP) is 4.75. The zero-order valence-corrected chi connectivity index (χ0v) is 13.2. The Morgan fingerprint density at radius 3 is 2.62 bits per heavy atom. The molecule has 0 saturated carbocycles. The summed E-state index contributed by atoms with van der Waals surface area (Å²) in [6, 6.07) is 6.30. The van der Waals surface area contributed by atoms with Crippen molar-refractivity contribution in [2.24, 2.45) is 0 Å². The van der Waals surface area contributed by atoms with Crippen LogP contribution in [-0.2, 0) is 16.1 Å². The Morgan fingerprint density at radius 1 is 1.24 bits per heavy atom. The van der Waals surface area contributed by atoms with E-state index in [9.17, 15) is 4.79 Å². The van der Waals surface area contributed by atoms with Crippen LogP contribution in [0.5, 0.6) is 5.75 Å². The molecule has 0 aliphatic rings. The van der Waals surface area contributed by atoms with Gasteiger partial charge in [-0.05, 0) is 25.1 Å². The molecule has 2 rings (SSSR count). The molecule has 0 unspecified atom stereocenters. The van der Waals surface area contributed by atoms with Gasteiger partial charge in [-0.25, -0.2) is 4.79 Å². The summed E-state index contributed by atoms with van der Waals surface area (Å²) in [6.45, 7) is 1.58. The van der Waals surface area contributed by atoms with E-state index in [0.717, 1.165) is 0 Å². The number of esters is 1. The summed E-state index contributed by atoms with van der Waals surface area (Å²) in [4.78, 5) is 11.8. The zero-order valence-electron chi connectivity index (χ0n) is 10.9. The molecule has 0 radical (unpaired) electrons. The first-order valence-electron chi connectivity index (χ1n) is 5.97. The third kappa shape index (κ3) is 4.30. The summed E-state index contributed by atoms with van der Waals surface area (Å²) in [5, 5.41) is 0.851. The molecule has 0 saturated heterocycles.